The number of nitrogens with two attached hydrogens (primary N) is 1. The standard InChI is InChI=1S/C14H16ClN3/c1-2-12(10-6-4-3-5-7-10)17-14-11(16)8-9-13(15)18-14/h3-9,12H,2,16H2,1H3,(H,17,18)/t12-/m1/s1. The molecule has 0 aliphatic rings. The predicted octanol–water partition coefficient (Wildman–Crippen LogP) is 3.88. The summed E-state index contributed by atoms with van der Waals surface area (Å²) in [5.74, 6) is 0.637. The monoisotopic (exact) mass is 261 g/mol. The van der Waals surface area contributed by atoms with E-state index in [1.807, 2.05) is 18.2 Å². The van der Waals surface area contributed by atoms with Gasteiger partial charge in [0.15, 0.2) is 5.82 Å². The molecule has 0 unspecified atom stereocenters. The van der Waals surface area contributed by atoms with E-state index in [0.29, 0.717) is 16.7 Å². The minimum atomic E-state index is 0.180. The number of nitrogen functional groups attached to an aromatic ring is 1. The molecule has 0 aliphatic heterocycles. The van der Waals surface area contributed by atoms with Crippen LogP contribution in [0.2, 0.25) is 5.15 Å². The molecule has 0 fully saturated rings. The summed E-state index contributed by atoms with van der Waals surface area (Å²) in [7, 11) is 0. The van der Waals surface area contributed by atoms with Gasteiger partial charge in [-0.15, -0.1) is 0 Å². The number of aromatic nitrogens is 1. The van der Waals surface area contributed by atoms with Gasteiger partial charge in [-0.2, -0.15) is 0 Å². The molecule has 18 heavy (non-hydrogen) atoms. The van der Waals surface area contributed by atoms with Gasteiger partial charge in [0.1, 0.15) is 5.15 Å². The van der Waals surface area contributed by atoms with Gasteiger partial charge >= 0.3 is 0 Å². The summed E-state index contributed by atoms with van der Waals surface area (Å²) in [6.45, 7) is 2.12. The van der Waals surface area contributed by atoms with Crippen LogP contribution < -0.4 is 11.1 Å². The van der Waals surface area contributed by atoms with E-state index in [2.05, 4.69) is 29.4 Å². The summed E-state index contributed by atoms with van der Waals surface area (Å²) in [5.41, 5.74) is 7.70. The van der Waals surface area contributed by atoms with E-state index >= 15 is 0 Å². The highest BCUT2D eigenvalue weighted by atomic mass is 35.5. The molecule has 0 saturated carbocycles. The van der Waals surface area contributed by atoms with Crippen molar-refractivity contribution in [1.29, 1.82) is 0 Å². The molecule has 0 bridgehead atoms. The Morgan fingerprint density at radius 3 is 2.61 bits per heavy atom. The van der Waals surface area contributed by atoms with Crippen LogP contribution in [0.5, 0.6) is 0 Å². The van der Waals surface area contributed by atoms with E-state index < -0.39 is 0 Å². The fourth-order valence-electron chi connectivity index (χ4n) is 1.83. The Morgan fingerprint density at radius 2 is 1.94 bits per heavy atom. The Labute approximate surface area is 112 Å². The molecule has 0 saturated heterocycles. The first-order chi connectivity index (χ1) is 8.70. The van der Waals surface area contributed by atoms with E-state index in [4.69, 9.17) is 17.3 Å². The number of pyridine rings is 1. The molecule has 3 nitrogen and oxygen atoms in total. The topological polar surface area (TPSA) is 50.9 Å². The molecule has 1 aromatic heterocycles. The van der Waals surface area contributed by atoms with Crippen LogP contribution in [0.3, 0.4) is 0 Å². The lowest BCUT2D eigenvalue weighted by Crippen LogP contribution is -2.12. The number of nitrogens with one attached hydrogen (secondary N) is 1. The summed E-state index contributed by atoms with van der Waals surface area (Å²) in [5, 5.41) is 3.77. The molecule has 0 spiro atoms. The molecule has 1 aromatic carbocycles. The van der Waals surface area contributed by atoms with Gasteiger partial charge in [0.25, 0.3) is 0 Å². The highest BCUT2D eigenvalue weighted by Crippen LogP contribution is 2.25. The van der Waals surface area contributed by atoms with Crippen molar-refractivity contribution < 1.29 is 0 Å². The molecule has 2 rings (SSSR count). The fraction of sp³-hybridized carbons (Fsp3) is 0.214. The first-order valence-electron chi connectivity index (χ1n) is 5.94. The van der Waals surface area contributed by atoms with Crippen molar-refractivity contribution in [3.63, 3.8) is 0 Å². The fourth-order valence-corrected chi connectivity index (χ4v) is 1.98. The maximum absolute atomic E-state index is 5.89. The molecule has 0 amide bonds. The van der Waals surface area contributed by atoms with Gasteiger partial charge in [0.05, 0.1) is 11.7 Å². The van der Waals surface area contributed by atoms with Crippen LogP contribution in [0.25, 0.3) is 0 Å². The Bertz CT molecular complexity index is 514. The van der Waals surface area contributed by atoms with Gasteiger partial charge < -0.3 is 11.1 Å². The second-order valence-electron chi connectivity index (χ2n) is 4.09. The second-order valence-corrected chi connectivity index (χ2v) is 4.47. The number of nitrogens with zero attached hydrogens (tertiary/aromatic N) is 1. The molecular weight excluding hydrogens is 246 g/mol. The quantitative estimate of drug-likeness (QED) is 0.821. The maximum atomic E-state index is 5.89. The molecule has 0 aliphatic carbocycles. The average Bonchev–Trinajstić information content (AvgIpc) is 2.41. The molecule has 2 aromatic rings. The van der Waals surface area contributed by atoms with Crippen LogP contribution in [0.4, 0.5) is 11.5 Å². The van der Waals surface area contributed by atoms with E-state index in [9.17, 15) is 0 Å². The highest BCUT2D eigenvalue weighted by molar-refractivity contribution is 6.29. The molecule has 1 heterocycles. The van der Waals surface area contributed by atoms with Crippen molar-refractivity contribution in [3.8, 4) is 0 Å². The lowest BCUT2D eigenvalue weighted by atomic mass is 10.0. The molecule has 1 atom stereocenters. The first-order valence-corrected chi connectivity index (χ1v) is 6.32. The molecule has 94 valence electrons. The summed E-state index contributed by atoms with van der Waals surface area (Å²) < 4.78 is 0. The van der Waals surface area contributed by atoms with E-state index in [1.54, 1.807) is 12.1 Å². The number of halogens is 1. The van der Waals surface area contributed by atoms with E-state index in [1.165, 1.54) is 5.56 Å². The van der Waals surface area contributed by atoms with Crippen molar-refractivity contribution in [2.45, 2.75) is 19.4 Å². The number of benzene rings is 1. The Kier molecular flexibility index (Phi) is 4.05. The Hall–Kier alpha value is -1.74. The van der Waals surface area contributed by atoms with Gasteiger partial charge in [-0.05, 0) is 24.1 Å². The zero-order valence-corrected chi connectivity index (χ0v) is 11.0. The lowest BCUT2D eigenvalue weighted by Gasteiger charge is -2.19. The Balaban J connectivity index is 2.23. The summed E-state index contributed by atoms with van der Waals surface area (Å²) in [6, 6.07) is 13.8. The van der Waals surface area contributed by atoms with Crippen LogP contribution in [0, 0.1) is 0 Å². The minimum absolute atomic E-state index is 0.180. The summed E-state index contributed by atoms with van der Waals surface area (Å²) in [4.78, 5) is 4.22. The van der Waals surface area contributed by atoms with E-state index in [0.717, 1.165) is 6.42 Å². The predicted molar refractivity (Wildman–Crippen MR) is 76.8 cm³/mol. The highest BCUT2D eigenvalue weighted by Gasteiger charge is 2.11. The van der Waals surface area contributed by atoms with Gasteiger partial charge in [-0.1, -0.05) is 48.9 Å². The molecule has 3 N–H and O–H groups in total. The van der Waals surface area contributed by atoms with Crippen molar-refractivity contribution in [2.24, 2.45) is 0 Å². The van der Waals surface area contributed by atoms with Crippen LogP contribution in [0.1, 0.15) is 24.9 Å². The molecular formula is C14H16ClN3. The maximum Gasteiger partial charge on any atom is 0.151 e. The SMILES string of the molecule is CC[C@@H](Nc1nc(Cl)ccc1N)c1ccccc1. The zero-order valence-electron chi connectivity index (χ0n) is 10.2. The number of hydrogen-bond donors (Lipinski definition) is 2. The van der Waals surface area contributed by atoms with Gasteiger partial charge in [0.2, 0.25) is 0 Å². The summed E-state index contributed by atoms with van der Waals surface area (Å²) >= 11 is 5.88. The lowest BCUT2D eigenvalue weighted by molar-refractivity contribution is 0.745. The van der Waals surface area contributed by atoms with E-state index in [-0.39, 0.29) is 6.04 Å². The van der Waals surface area contributed by atoms with Crippen molar-refractivity contribution in [1.82, 2.24) is 4.98 Å². The third-order valence-electron chi connectivity index (χ3n) is 2.81. The van der Waals surface area contributed by atoms with Crippen molar-refractivity contribution >= 4 is 23.1 Å². The number of rotatable bonds is 4. The zero-order chi connectivity index (χ0) is 13.0. The Morgan fingerprint density at radius 1 is 1.22 bits per heavy atom. The van der Waals surface area contributed by atoms with Gasteiger partial charge in [-0.3, -0.25) is 0 Å². The van der Waals surface area contributed by atoms with Gasteiger partial charge in [0, 0.05) is 0 Å². The van der Waals surface area contributed by atoms with Crippen LogP contribution in [0.15, 0.2) is 42.5 Å². The first kappa shape index (κ1) is 12.7. The number of anilines is 2. The smallest absolute Gasteiger partial charge is 0.151 e. The summed E-state index contributed by atoms with van der Waals surface area (Å²) in [6.07, 6.45) is 0.942. The third-order valence-corrected chi connectivity index (χ3v) is 3.02. The minimum Gasteiger partial charge on any atom is -0.396 e. The third kappa shape index (κ3) is 2.93. The molecule has 0 radical (unpaired) electrons. The van der Waals surface area contributed by atoms with Crippen LogP contribution in [-0.4, -0.2) is 4.98 Å². The van der Waals surface area contributed by atoms with Crippen LogP contribution >= 0.6 is 11.6 Å². The molecule has 4 heteroatoms. The number of hydrogen-bond acceptors (Lipinski definition) is 3. The largest absolute Gasteiger partial charge is 0.396 e. The normalized spacial score (nSPS) is 12.1. The van der Waals surface area contributed by atoms with Crippen molar-refractivity contribution in [2.75, 3.05) is 11.1 Å². The average molecular weight is 262 g/mol. The van der Waals surface area contributed by atoms with Crippen LogP contribution in [-0.2, 0) is 0 Å². The van der Waals surface area contributed by atoms with Gasteiger partial charge in [-0.25, -0.2) is 4.98 Å². The second kappa shape index (κ2) is 5.74. The van der Waals surface area contributed by atoms with Crippen molar-refractivity contribution in [3.05, 3.63) is 53.2 Å².